The van der Waals surface area contributed by atoms with Gasteiger partial charge in [0.1, 0.15) is 12.2 Å². The van der Waals surface area contributed by atoms with Crippen molar-refractivity contribution >= 4 is 17.9 Å². The topological polar surface area (TPSA) is 85.4 Å². The Bertz CT molecular complexity index is 1480. The molecule has 534 valence electrons. The van der Waals surface area contributed by atoms with Crippen molar-refractivity contribution < 1.29 is 28.6 Å². The number of hydrogen-bond donors (Lipinski definition) is 0. The summed E-state index contributed by atoms with van der Waals surface area (Å²) in [5.41, 5.74) is 0. The first kappa shape index (κ1) is 91.7. The standard InChI is InChI=1S/C39H79NO2.C39H73NO2.C4H8O2/c2*1-6-9-12-15-18-21-24-27-32-37(33-28-25-22-19-16-13-10-7-2)38(34-29-26-23-20-17-14-11-8-3)42-39(41)35-30-31-36-40(4)5;1-3-6-4(2)5/h37-38H,6-36H2,1-5H3;18-23,37-38H,6-17,24-36H2,1-5H3;3H2,1-2H3/b;21-18-,22-19-,23-20-;. The third-order valence-corrected chi connectivity index (χ3v) is 17.8. The number of rotatable bonds is 66. The lowest BCUT2D eigenvalue weighted by Gasteiger charge is -2.28. The number of allylic oxidation sites excluding steroid dienone is 6. The minimum atomic E-state index is -0.211. The number of carbonyl (C=O) groups is 3. The molecule has 2 atom stereocenters. The van der Waals surface area contributed by atoms with Crippen molar-refractivity contribution in [1.29, 1.82) is 0 Å². The lowest BCUT2D eigenvalue weighted by Crippen LogP contribution is -2.27. The molecule has 0 aliphatic heterocycles. The molecule has 0 aromatic carbocycles. The highest BCUT2D eigenvalue weighted by atomic mass is 16.5. The van der Waals surface area contributed by atoms with E-state index in [0.717, 1.165) is 90.1 Å². The van der Waals surface area contributed by atoms with Crippen LogP contribution >= 0.6 is 0 Å². The Kier molecular flexibility index (Phi) is 78.8. The van der Waals surface area contributed by atoms with Crippen molar-refractivity contribution in [3.05, 3.63) is 36.5 Å². The minimum Gasteiger partial charge on any atom is -0.466 e. The molecule has 0 amide bonds. The van der Waals surface area contributed by atoms with E-state index in [1.165, 1.54) is 264 Å². The second-order valence-electron chi connectivity index (χ2n) is 27.5. The third kappa shape index (κ3) is 74.6. The molecular formula is C82H160N2O6. The maximum Gasteiger partial charge on any atom is 0.306 e. The normalized spacial score (nSPS) is 12.4. The van der Waals surface area contributed by atoms with Crippen molar-refractivity contribution in [3.8, 4) is 0 Å². The molecular weight excluding hydrogens is 1110 g/mol. The van der Waals surface area contributed by atoms with Gasteiger partial charge in [0.05, 0.1) is 6.61 Å². The van der Waals surface area contributed by atoms with Gasteiger partial charge in [-0.15, -0.1) is 0 Å². The number of unbranched alkanes of at least 4 members (excludes halogenated alkanes) is 35. The highest BCUT2D eigenvalue weighted by molar-refractivity contribution is 5.70. The average Bonchev–Trinajstić information content (AvgIpc) is 3.35. The van der Waals surface area contributed by atoms with E-state index < -0.39 is 0 Å². The molecule has 0 rings (SSSR count). The smallest absolute Gasteiger partial charge is 0.306 e. The summed E-state index contributed by atoms with van der Waals surface area (Å²) >= 11 is 0. The molecule has 8 heteroatoms. The summed E-state index contributed by atoms with van der Waals surface area (Å²) in [5, 5.41) is 0. The maximum absolute atomic E-state index is 13.0. The number of carbonyl (C=O) groups excluding carboxylic acids is 3. The summed E-state index contributed by atoms with van der Waals surface area (Å²) < 4.78 is 17.1. The molecule has 90 heavy (non-hydrogen) atoms. The van der Waals surface area contributed by atoms with Gasteiger partial charge < -0.3 is 24.0 Å². The first-order chi connectivity index (χ1) is 43.9. The predicted molar refractivity (Wildman–Crippen MR) is 397 cm³/mol. The number of nitrogens with zero attached hydrogens (tertiary/aromatic N) is 2. The molecule has 0 saturated heterocycles. The van der Waals surface area contributed by atoms with E-state index in [2.05, 4.69) is 121 Å². The average molecular weight is 1270 g/mol. The Morgan fingerprint density at radius 2 is 0.544 bits per heavy atom. The molecule has 0 aromatic heterocycles. The molecule has 0 bridgehead atoms. The first-order valence-electron chi connectivity index (χ1n) is 39.6. The second-order valence-corrected chi connectivity index (χ2v) is 27.5. The summed E-state index contributed by atoms with van der Waals surface area (Å²) in [6, 6.07) is 0. The highest BCUT2D eigenvalue weighted by Crippen LogP contribution is 2.30. The summed E-state index contributed by atoms with van der Waals surface area (Å²) in [6.45, 7) is 19.4. The van der Waals surface area contributed by atoms with Gasteiger partial charge in [-0.1, -0.05) is 264 Å². The van der Waals surface area contributed by atoms with Gasteiger partial charge in [0.2, 0.25) is 0 Å². The van der Waals surface area contributed by atoms with E-state index in [1.54, 1.807) is 6.92 Å². The van der Waals surface area contributed by atoms with E-state index in [1.807, 2.05) is 0 Å². The van der Waals surface area contributed by atoms with Crippen molar-refractivity contribution in [3.63, 3.8) is 0 Å². The maximum atomic E-state index is 13.0. The molecule has 0 fully saturated rings. The predicted octanol–water partition coefficient (Wildman–Crippen LogP) is 25.6. The van der Waals surface area contributed by atoms with E-state index in [9.17, 15) is 14.4 Å². The lowest BCUT2D eigenvalue weighted by atomic mass is 9.87. The van der Waals surface area contributed by atoms with Crippen LogP contribution in [0.5, 0.6) is 0 Å². The fraction of sp³-hybridized carbons (Fsp3) is 0.890. The summed E-state index contributed by atoms with van der Waals surface area (Å²) in [4.78, 5) is 40.2. The number of ether oxygens (including phenoxy) is 3. The van der Waals surface area contributed by atoms with Gasteiger partial charge in [-0.3, -0.25) is 14.4 Å². The van der Waals surface area contributed by atoms with Crippen molar-refractivity contribution in [2.75, 3.05) is 47.9 Å². The van der Waals surface area contributed by atoms with Crippen LogP contribution in [0.25, 0.3) is 0 Å². The minimum absolute atomic E-state index is 0.0190. The van der Waals surface area contributed by atoms with Crippen molar-refractivity contribution in [2.24, 2.45) is 11.8 Å². The van der Waals surface area contributed by atoms with Crippen LogP contribution < -0.4 is 0 Å². The Balaban J connectivity index is -0.00000154. The monoisotopic (exact) mass is 1270 g/mol. The molecule has 0 saturated carbocycles. The van der Waals surface area contributed by atoms with Crippen LogP contribution in [-0.2, 0) is 28.6 Å². The molecule has 2 unspecified atom stereocenters. The zero-order valence-electron chi connectivity index (χ0n) is 62.9. The molecule has 8 nitrogen and oxygen atoms in total. The van der Waals surface area contributed by atoms with Crippen LogP contribution in [0.1, 0.15) is 402 Å². The van der Waals surface area contributed by atoms with Crippen LogP contribution in [-0.4, -0.2) is 87.8 Å². The molecule has 0 spiro atoms. The van der Waals surface area contributed by atoms with Crippen molar-refractivity contribution in [1.82, 2.24) is 9.80 Å². The van der Waals surface area contributed by atoms with E-state index >= 15 is 0 Å². The van der Waals surface area contributed by atoms with Crippen molar-refractivity contribution in [2.45, 2.75) is 414 Å². The van der Waals surface area contributed by atoms with Gasteiger partial charge in [-0.05, 0) is 208 Å². The van der Waals surface area contributed by atoms with Crippen LogP contribution in [0.2, 0.25) is 0 Å². The Hall–Kier alpha value is -2.45. The zero-order chi connectivity index (χ0) is 66.9. The Morgan fingerprint density at radius 3 is 0.822 bits per heavy atom. The lowest BCUT2D eigenvalue weighted by molar-refractivity contribution is -0.154. The van der Waals surface area contributed by atoms with Gasteiger partial charge in [-0.2, -0.15) is 0 Å². The van der Waals surface area contributed by atoms with Gasteiger partial charge in [0.15, 0.2) is 0 Å². The molecule has 0 radical (unpaired) electrons. The summed E-state index contributed by atoms with van der Waals surface area (Å²) in [6.07, 6.45) is 81.3. The van der Waals surface area contributed by atoms with Crippen LogP contribution in [0, 0.1) is 11.8 Å². The first-order valence-corrected chi connectivity index (χ1v) is 39.6. The van der Waals surface area contributed by atoms with E-state index in [4.69, 9.17) is 9.47 Å². The number of hydrogen-bond acceptors (Lipinski definition) is 8. The highest BCUT2D eigenvalue weighted by Gasteiger charge is 2.26. The van der Waals surface area contributed by atoms with Gasteiger partial charge in [0, 0.05) is 19.8 Å². The zero-order valence-corrected chi connectivity index (χ0v) is 62.9. The van der Waals surface area contributed by atoms with Gasteiger partial charge in [-0.25, -0.2) is 0 Å². The molecule has 0 aromatic rings. The molecule has 0 aliphatic rings. The van der Waals surface area contributed by atoms with Gasteiger partial charge >= 0.3 is 17.9 Å². The van der Waals surface area contributed by atoms with Gasteiger partial charge in [0.25, 0.3) is 0 Å². The quantitative estimate of drug-likeness (QED) is 0.0258. The van der Waals surface area contributed by atoms with Crippen LogP contribution in [0.15, 0.2) is 36.5 Å². The largest absolute Gasteiger partial charge is 0.466 e. The summed E-state index contributed by atoms with van der Waals surface area (Å²) in [7, 11) is 8.41. The molecule has 0 aliphatic carbocycles. The van der Waals surface area contributed by atoms with Crippen LogP contribution in [0.3, 0.4) is 0 Å². The molecule has 0 N–H and O–H groups in total. The molecule has 0 heterocycles. The Labute approximate surface area is 564 Å². The van der Waals surface area contributed by atoms with Crippen LogP contribution in [0.4, 0.5) is 0 Å². The SMILES string of the molecule is CCCCC/C=C\CCCC(CCC/C=C\CCCCC)C(CCC/C=C\CCCCC)OC(=O)CCCCN(C)C.CCCCCCCCCCC(CCCCCCCCCC)C(CCCCCCCCCC)OC(=O)CCCCN(C)C.CCOC(C)=O. The van der Waals surface area contributed by atoms with E-state index in [-0.39, 0.29) is 30.1 Å². The third-order valence-electron chi connectivity index (χ3n) is 17.8. The Morgan fingerprint density at radius 1 is 0.300 bits per heavy atom. The fourth-order valence-electron chi connectivity index (χ4n) is 12.1. The number of esters is 3. The summed E-state index contributed by atoms with van der Waals surface area (Å²) in [5.74, 6) is 0.893. The van der Waals surface area contributed by atoms with E-state index in [0.29, 0.717) is 31.3 Å². The fourth-order valence-corrected chi connectivity index (χ4v) is 12.1. The second kappa shape index (κ2) is 77.3.